The van der Waals surface area contributed by atoms with E-state index in [-0.39, 0.29) is 11.7 Å². The number of aromatic amines is 1. The van der Waals surface area contributed by atoms with Gasteiger partial charge in [0.2, 0.25) is 0 Å². The first-order chi connectivity index (χ1) is 11.5. The molecule has 0 aliphatic carbocycles. The Morgan fingerprint density at radius 1 is 1.17 bits per heavy atom. The van der Waals surface area contributed by atoms with Gasteiger partial charge in [-0.1, -0.05) is 23.8 Å². The summed E-state index contributed by atoms with van der Waals surface area (Å²) in [5.41, 5.74) is 5.31. The maximum Gasteiger partial charge on any atom is 0.251 e. The van der Waals surface area contributed by atoms with Crippen molar-refractivity contribution in [3.8, 4) is 0 Å². The molecule has 3 rings (SSSR count). The number of fused-ring (bicyclic) bond motifs is 1. The molecule has 0 radical (unpaired) electrons. The molecule has 0 unspecified atom stereocenters. The SMILES string of the molecule is Cc1cccc(C(=O)NCCc2c(C)[nH]c3c(F)ccc(C)c23)c1. The number of carbonyl (C=O) groups excluding carboxylic acids is 1. The molecule has 1 aromatic heterocycles. The number of rotatable bonds is 4. The normalized spacial score (nSPS) is 11.0. The van der Waals surface area contributed by atoms with Crippen molar-refractivity contribution in [2.45, 2.75) is 27.2 Å². The molecule has 3 aromatic rings. The lowest BCUT2D eigenvalue weighted by atomic mass is 10.0. The molecule has 4 heteroatoms. The van der Waals surface area contributed by atoms with E-state index in [4.69, 9.17) is 0 Å². The second-order valence-electron chi connectivity index (χ2n) is 6.22. The van der Waals surface area contributed by atoms with E-state index in [1.165, 1.54) is 6.07 Å². The van der Waals surface area contributed by atoms with Crippen LogP contribution in [0.25, 0.3) is 10.9 Å². The molecule has 0 fully saturated rings. The first kappa shape index (κ1) is 16.2. The van der Waals surface area contributed by atoms with E-state index in [1.807, 2.05) is 39.0 Å². The van der Waals surface area contributed by atoms with Crippen LogP contribution in [-0.2, 0) is 6.42 Å². The number of halogens is 1. The van der Waals surface area contributed by atoms with Gasteiger partial charge in [0, 0.05) is 23.2 Å². The van der Waals surface area contributed by atoms with Crippen LogP contribution in [0.3, 0.4) is 0 Å². The van der Waals surface area contributed by atoms with E-state index in [2.05, 4.69) is 10.3 Å². The van der Waals surface area contributed by atoms with Gasteiger partial charge in [-0.15, -0.1) is 0 Å². The average Bonchev–Trinajstić information content (AvgIpc) is 2.89. The maximum absolute atomic E-state index is 14.0. The molecule has 0 bridgehead atoms. The van der Waals surface area contributed by atoms with Crippen LogP contribution in [0.4, 0.5) is 4.39 Å². The Morgan fingerprint density at radius 3 is 2.71 bits per heavy atom. The molecule has 24 heavy (non-hydrogen) atoms. The fourth-order valence-electron chi connectivity index (χ4n) is 3.14. The van der Waals surface area contributed by atoms with Crippen LogP contribution in [0.5, 0.6) is 0 Å². The van der Waals surface area contributed by atoms with Crippen LogP contribution in [0.1, 0.15) is 32.7 Å². The Kier molecular flexibility index (Phi) is 4.38. The molecule has 2 N–H and O–H groups in total. The summed E-state index contributed by atoms with van der Waals surface area (Å²) in [5, 5.41) is 3.87. The number of benzene rings is 2. The molecule has 1 amide bonds. The average molecular weight is 324 g/mol. The Labute approximate surface area is 140 Å². The van der Waals surface area contributed by atoms with Gasteiger partial charge in [0.1, 0.15) is 5.82 Å². The minimum atomic E-state index is -0.242. The minimum absolute atomic E-state index is 0.0842. The Hall–Kier alpha value is -2.62. The summed E-state index contributed by atoms with van der Waals surface area (Å²) in [6.07, 6.45) is 0.660. The lowest BCUT2D eigenvalue weighted by Gasteiger charge is -2.07. The van der Waals surface area contributed by atoms with Gasteiger partial charge in [-0.25, -0.2) is 4.39 Å². The zero-order valence-corrected chi connectivity index (χ0v) is 14.2. The van der Waals surface area contributed by atoms with E-state index in [1.54, 1.807) is 12.1 Å². The van der Waals surface area contributed by atoms with Crippen molar-refractivity contribution >= 4 is 16.8 Å². The highest BCUT2D eigenvalue weighted by Crippen LogP contribution is 2.27. The fourth-order valence-corrected chi connectivity index (χ4v) is 3.14. The number of hydrogen-bond acceptors (Lipinski definition) is 1. The number of aromatic nitrogens is 1. The number of hydrogen-bond donors (Lipinski definition) is 2. The molecule has 0 spiro atoms. The van der Waals surface area contributed by atoms with Gasteiger partial charge in [-0.05, 0) is 56.5 Å². The molecule has 2 aromatic carbocycles. The Morgan fingerprint density at radius 2 is 1.96 bits per heavy atom. The van der Waals surface area contributed by atoms with E-state index in [0.717, 1.165) is 27.8 Å². The van der Waals surface area contributed by atoms with Crippen molar-refractivity contribution in [3.63, 3.8) is 0 Å². The first-order valence-electron chi connectivity index (χ1n) is 8.08. The van der Waals surface area contributed by atoms with Gasteiger partial charge in [-0.2, -0.15) is 0 Å². The Balaban J connectivity index is 1.76. The number of aryl methyl sites for hydroxylation is 3. The topological polar surface area (TPSA) is 44.9 Å². The molecule has 0 atom stereocenters. The molecular weight excluding hydrogens is 303 g/mol. The van der Waals surface area contributed by atoms with Gasteiger partial charge in [0.25, 0.3) is 5.91 Å². The quantitative estimate of drug-likeness (QED) is 0.742. The van der Waals surface area contributed by atoms with Gasteiger partial charge < -0.3 is 10.3 Å². The van der Waals surface area contributed by atoms with Crippen molar-refractivity contribution in [2.24, 2.45) is 0 Å². The third-order valence-corrected chi connectivity index (χ3v) is 4.37. The van der Waals surface area contributed by atoms with Gasteiger partial charge >= 0.3 is 0 Å². The van der Waals surface area contributed by atoms with E-state index >= 15 is 0 Å². The highest BCUT2D eigenvalue weighted by Gasteiger charge is 2.14. The zero-order valence-electron chi connectivity index (χ0n) is 14.2. The maximum atomic E-state index is 14.0. The van der Waals surface area contributed by atoms with Crippen LogP contribution in [-0.4, -0.2) is 17.4 Å². The largest absolute Gasteiger partial charge is 0.356 e. The molecule has 0 saturated heterocycles. The van der Waals surface area contributed by atoms with Gasteiger partial charge in [-0.3, -0.25) is 4.79 Å². The standard InChI is InChI=1S/C20H21FN2O/c1-12-5-4-6-15(11-12)20(24)22-10-9-16-14(3)23-19-17(21)8-7-13(2)18(16)19/h4-8,11,23H,9-10H2,1-3H3,(H,22,24). The zero-order chi connectivity index (χ0) is 17.3. The van der Waals surface area contributed by atoms with E-state index in [9.17, 15) is 9.18 Å². The van der Waals surface area contributed by atoms with E-state index < -0.39 is 0 Å². The van der Waals surface area contributed by atoms with Crippen LogP contribution in [0, 0.1) is 26.6 Å². The highest BCUT2D eigenvalue weighted by atomic mass is 19.1. The summed E-state index contributed by atoms with van der Waals surface area (Å²) in [6, 6.07) is 10.8. The van der Waals surface area contributed by atoms with Crippen molar-refractivity contribution in [1.29, 1.82) is 0 Å². The predicted molar refractivity (Wildman–Crippen MR) is 94.9 cm³/mol. The summed E-state index contributed by atoms with van der Waals surface area (Å²) in [5.74, 6) is -0.326. The molecule has 1 heterocycles. The smallest absolute Gasteiger partial charge is 0.251 e. The summed E-state index contributed by atoms with van der Waals surface area (Å²) in [6.45, 7) is 6.39. The third-order valence-electron chi connectivity index (χ3n) is 4.37. The highest BCUT2D eigenvalue weighted by molar-refractivity contribution is 5.94. The molecule has 0 aliphatic heterocycles. The van der Waals surface area contributed by atoms with Gasteiger partial charge in [0.15, 0.2) is 0 Å². The van der Waals surface area contributed by atoms with Crippen LogP contribution < -0.4 is 5.32 Å². The summed E-state index contributed by atoms with van der Waals surface area (Å²) in [7, 11) is 0. The minimum Gasteiger partial charge on any atom is -0.356 e. The summed E-state index contributed by atoms with van der Waals surface area (Å²) in [4.78, 5) is 15.3. The number of nitrogens with one attached hydrogen (secondary N) is 2. The van der Waals surface area contributed by atoms with Gasteiger partial charge in [0.05, 0.1) is 5.52 Å². The number of H-pyrrole nitrogens is 1. The number of amides is 1. The Bertz CT molecular complexity index is 911. The lowest BCUT2D eigenvalue weighted by molar-refractivity contribution is 0.0954. The molecular formula is C20H21FN2O. The monoisotopic (exact) mass is 324 g/mol. The van der Waals surface area contributed by atoms with Crippen LogP contribution >= 0.6 is 0 Å². The molecule has 0 aliphatic rings. The lowest BCUT2D eigenvalue weighted by Crippen LogP contribution is -2.25. The van der Waals surface area contributed by atoms with Crippen molar-refractivity contribution in [2.75, 3.05) is 6.54 Å². The van der Waals surface area contributed by atoms with Crippen molar-refractivity contribution < 1.29 is 9.18 Å². The fraction of sp³-hybridized carbons (Fsp3) is 0.250. The molecule has 124 valence electrons. The summed E-state index contributed by atoms with van der Waals surface area (Å²) >= 11 is 0. The molecule has 0 saturated carbocycles. The van der Waals surface area contributed by atoms with E-state index in [0.29, 0.717) is 24.0 Å². The third kappa shape index (κ3) is 3.04. The first-order valence-corrected chi connectivity index (χ1v) is 8.08. The second kappa shape index (κ2) is 6.48. The molecule has 3 nitrogen and oxygen atoms in total. The van der Waals surface area contributed by atoms with Crippen LogP contribution in [0.15, 0.2) is 36.4 Å². The van der Waals surface area contributed by atoms with Crippen LogP contribution in [0.2, 0.25) is 0 Å². The van der Waals surface area contributed by atoms with Crippen molar-refractivity contribution in [3.05, 3.63) is 70.2 Å². The summed E-state index contributed by atoms with van der Waals surface area (Å²) < 4.78 is 14.0. The number of carbonyl (C=O) groups is 1. The van der Waals surface area contributed by atoms with Crippen molar-refractivity contribution in [1.82, 2.24) is 10.3 Å². The second-order valence-corrected chi connectivity index (χ2v) is 6.22. The predicted octanol–water partition coefficient (Wildman–Crippen LogP) is 4.20.